The van der Waals surface area contributed by atoms with E-state index in [2.05, 4.69) is 22.3 Å². The van der Waals surface area contributed by atoms with E-state index in [4.69, 9.17) is 4.74 Å². The summed E-state index contributed by atoms with van der Waals surface area (Å²) in [5, 5.41) is 14.0. The fourth-order valence-corrected chi connectivity index (χ4v) is 3.53. The molecule has 3 rings (SSSR count). The highest BCUT2D eigenvalue weighted by atomic mass is 16.6. The van der Waals surface area contributed by atoms with Gasteiger partial charge in [-0.1, -0.05) is 12.1 Å². The second-order valence-electron chi connectivity index (χ2n) is 6.89. The lowest BCUT2D eigenvalue weighted by molar-refractivity contribution is -0.384. The van der Waals surface area contributed by atoms with Crippen LogP contribution in [0.1, 0.15) is 34.8 Å². The molecule has 0 bridgehead atoms. The number of carbonyl (C=O) groups excluding carboxylic acids is 1. The number of nitro benzene ring substituents is 1. The zero-order valence-electron chi connectivity index (χ0n) is 16.0. The van der Waals surface area contributed by atoms with Crippen LogP contribution >= 0.6 is 0 Å². The topological polar surface area (TPSA) is 84.7 Å². The third-order valence-corrected chi connectivity index (χ3v) is 5.11. The quantitative estimate of drug-likeness (QED) is 0.407. The number of likely N-dealkylation sites (tertiary alicyclic amines) is 1. The van der Waals surface area contributed by atoms with Crippen LogP contribution in [0.5, 0.6) is 5.75 Å². The highest BCUT2D eigenvalue weighted by molar-refractivity contribution is 5.97. The number of carbonyl (C=O) groups is 1. The van der Waals surface area contributed by atoms with Gasteiger partial charge in [0.2, 0.25) is 0 Å². The van der Waals surface area contributed by atoms with Crippen LogP contribution in [0.4, 0.5) is 5.69 Å². The summed E-state index contributed by atoms with van der Waals surface area (Å²) < 4.78 is 5.24. The highest BCUT2D eigenvalue weighted by Gasteiger charge is 2.23. The monoisotopic (exact) mass is 383 g/mol. The molecule has 7 heteroatoms. The first-order valence-corrected chi connectivity index (χ1v) is 9.45. The maximum Gasteiger partial charge on any atom is 0.269 e. The van der Waals surface area contributed by atoms with Gasteiger partial charge in [-0.25, -0.2) is 0 Å². The number of rotatable bonds is 9. The number of ketones is 1. The minimum Gasteiger partial charge on any atom is -0.497 e. The Morgan fingerprint density at radius 3 is 2.36 bits per heavy atom. The number of hydrogen-bond donors (Lipinski definition) is 1. The number of benzene rings is 2. The van der Waals surface area contributed by atoms with Crippen LogP contribution in [-0.2, 0) is 0 Å². The number of nitrogens with one attached hydrogen (secondary N) is 1. The number of nitro groups is 1. The first kappa shape index (κ1) is 20.0. The number of Topliss-reactive ketones (excluding diaryl/α,β-unsaturated/α-hetero) is 1. The second kappa shape index (κ2) is 9.43. The molecule has 1 saturated heterocycles. The molecule has 0 aliphatic carbocycles. The summed E-state index contributed by atoms with van der Waals surface area (Å²) in [4.78, 5) is 25.1. The van der Waals surface area contributed by atoms with Crippen molar-refractivity contribution in [2.24, 2.45) is 0 Å². The van der Waals surface area contributed by atoms with E-state index in [9.17, 15) is 14.9 Å². The fourth-order valence-electron chi connectivity index (χ4n) is 3.53. The molecule has 1 N–H and O–H groups in total. The normalized spacial score (nSPS) is 15.3. The van der Waals surface area contributed by atoms with E-state index in [0.29, 0.717) is 12.1 Å². The van der Waals surface area contributed by atoms with Crippen molar-refractivity contribution in [3.63, 3.8) is 0 Å². The number of methoxy groups -OCH3 is 1. The second-order valence-corrected chi connectivity index (χ2v) is 6.89. The van der Waals surface area contributed by atoms with Gasteiger partial charge in [-0.2, -0.15) is 0 Å². The molecular formula is C21H25N3O4. The molecule has 0 aromatic heterocycles. The van der Waals surface area contributed by atoms with E-state index in [1.807, 2.05) is 12.1 Å². The zero-order chi connectivity index (χ0) is 19.9. The molecule has 1 unspecified atom stereocenters. The lowest BCUT2D eigenvalue weighted by atomic mass is 10.0. The average molecular weight is 383 g/mol. The molecule has 1 aliphatic rings. The van der Waals surface area contributed by atoms with Crippen molar-refractivity contribution >= 4 is 11.5 Å². The van der Waals surface area contributed by atoms with Crippen LogP contribution in [0.15, 0.2) is 48.5 Å². The third-order valence-electron chi connectivity index (χ3n) is 5.11. The zero-order valence-corrected chi connectivity index (χ0v) is 16.0. The maximum absolute atomic E-state index is 12.4. The smallest absolute Gasteiger partial charge is 0.269 e. The van der Waals surface area contributed by atoms with E-state index < -0.39 is 4.92 Å². The van der Waals surface area contributed by atoms with Gasteiger partial charge in [-0.05, 0) is 55.8 Å². The minimum absolute atomic E-state index is 0.0156. The molecule has 0 saturated carbocycles. The van der Waals surface area contributed by atoms with E-state index in [0.717, 1.165) is 18.8 Å². The predicted octanol–water partition coefficient (Wildman–Crippen LogP) is 3.21. The van der Waals surface area contributed by atoms with E-state index in [1.54, 1.807) is 7.11 Å². The number of hydrogen-bond acceptors (Lipinski definition) is 6. The van der Waals surface area contributed by atoms with Crippen molar-refractivity contribution in [2.45, 2.75) is 18.9 Å². The van der Waals surface area contributed by atoms with Gasteiger partial charge < -0.3 is 10.1 Å². The predicted molar refractivity (Wildman–Crippen MR) is 107 cm³/mol. The number of ether oxygens (including phenoxy) is 1. The van der Waals surface area contributed by atoms with E-state index in [1.165, 1.54) is 42.7 Å². The molecule has 28 heavy (non-hydrogen) atoms. The Kier molecular flexibility index (Phi) is 6.73. The van der Waals surface area contributed by atoms with Gasteiger partial charge in [0.1, 0.15) is 5.75 Å². The molecule has 2 aromatic carbocycles. The summed E-state index contributed by atoms with van der Waals surface area (Å²) in [5.74, 6) is 0.745. The SMILES string of the molecule is COc1ccc(C(CNCC(=O)c2ccc([N+](=O)[O-])cc2)N2CCCC2)cc1. The van der Waals surface area contributed by atoms with Crippen molar-refractivity contribution in [3.8, 4) is 5.75 Å². The summed E-state index contributed by atoms with van der Waals surface area (Å²) in [5.41, 5.74) is 1.65. The summed E-state index contributed by atoms with van der Waals surface area (Å²) in [6.45, 7) is 2.95. The molecule has 0 radical (unpaired) electrons. The van der Waals surface area contributed by atoms with Crippen molar-refractivity contribution in [3.05, 3.63) is 69.8 Å². The minimum atomic E-state index is -0.470. The van der Waals surface area contributed by atoms with Crippen molar-refractivity contribution in [1.29, 1.82) is 0 Å². The third kappa shape index (κ3) is 4.94. The van der Waals surface area contributed by atoms with Crippen LogP contribution < -0.4 is 10.1 Å². The molecule has 1 aliphatic heterocycles. The molecule has 1 atom stereocenters. The maximum atomic E-state index is 12.4. The molecule has 2 aromatic rings. The Balaban J connectivity index is 1.61. The van der Waals surface area contributed by atoms with Crippen LogP contribution in [0.25, 0.3) is 0 Å². The first-order chi connectivity index (χ1) is 13.6. The van der Waals surface area contributed by atoms with Gasteiger partial charge >= 0.3 is 0 Å². The van der Waals surface area contributed by atoms with Gasteiger partial charge in [-0.15, -0.1) is 0 Å². The Morgan fingerprint density at radius 1 is 1.14 bits per heavy atom. The molecule has 1 fully saturated rings. The van der Waals surface area contributed by atoms with E-state index in [-0.39, 0.29) is 24.1 Å². The van der Waals surface area contributed by atoms with Gasteiger partial charge in [-0.3, -0.25) is 19.8 Å². The molecular weight excluding hydrogens is 358 g/mol. The molecule has 0 spiro atoms. The lowest BCUT2D eigenvalue weighted by Gasteiger charge is -2.28. The Hall–Kier alpha value is -2.77. The summed E-state index contributed by atoms with van der Waals surface area (Å²) in [6.07, 6.45) is 2.38. The standard InChI is InChI=1S/C21H25N3O4/c1-28-19-10-6-16(7-11-19)20(23-12-2-3-13-23)14-22-15-21(25)17-4-8-18(9-5-17)24(26)27/h4-11,20,22H,2-3,12-15H2,1H3. The van der Waals surface area contributed by atoms with Gasteiger partial charge in [0.05, 0.1) is 18.6 Å². The van der Waals surface area contributed by atoms with E-state index >= 15 is 0 Å². The molecule has 1 heterocycles. The Labute approximate surface area is 164 Å². The van der Waals surface area contributed by atoms with Gasteiger partial charge in [0.15, 0.2) is 5.78 Å². The van der Waals surface area contributed by atoms with Crippen molar-refractivity contribution in [2.75, 3.05) is 33.3 Å². The summed E-state index contributed by atoms with van der Waals surface area (Å²) in [7, 11) is 1.65. The van der Waals surface area contributed by atoms with Gasteiger partial charge in [0.25, 0.3) is 5.69 Å². The van der Waals surface area contributed by atoms with Crippen LogP contribution in [0.2, 0.25) is 0 Å². The first-order valence-electron chi connectivity index (χ1n) is 9.45. The van der Waals surface area contributed by atoms with Crippen molar-refractivity contribution in [1.82, 2.24) is 10.2 Å². The molecule has 148 valence electrons. The summed E-state index contributed by atoms with van der Waals surface area (Å²) in [6, 6.07) is 14.0. The summed E-state index contributed by atoms with van der Waals surface area (Å²) >= 11 is 0. The van der Waals surface area contributed by atoms with Crippen LogP contribution in [0.3, 0.4) is 0 Å². The van der Waals surface area contributed by atoms with Crippen LogP contribution in [0, 0.1) is 10.1 Å². The largest absolute Gasteiger partial charge is 0.497 e. The van der Waals surface area contributed by atoms with Crippen molar-refractivity contribution < 1.29 is 14.5 Å². The highest BCUT2D eigenvalue weighted by Crippen LogP contribution is 2.26. The van der Waals surface area contributed by atoms with Gasteiger partial charge in [0, 0.05) is 30.3 Å². The fraction of sp³-hybridized carbons (Fsp3) is 0.381. The Bertz CT molecular complexity index is 799. The molecule has 0 amide bonds. The average Bonchev–Trinajstić information content (AvgIpc) is 3.26. The van der Waals surface area contributed by atoms with Crippen LogP contribution in [-0.4, -0.2) is 48.9 Å². The number of non-ortho nitro benzene ring substituents is 1. The Morgan fingerprint density at radius 2 is 1.79 bits per heavy atom. The lowest BCUT2D eigenvalue weighted by Crippen LogP contribution is -2.36. The molecule has 7 nitrogen and oxygen atoms in total. The number of nitrogens with zero attached hydrogens (tertiary/aromatic N) is 2.